The van der Waals surface area contributed by atoms with E-state index < -0.39 is 10.0 Å². The fraction of sp³-hybridized carbons (Fsp3) is 0.227. The van der Waals surface area contributed by atoms with Crippen molar-refractivity contribution in [3.05, 3.63) is 53.3 Å². The van der Waals surface area contributed by atoms with Gasteiger partial charge < -0.3 is 19.5 Å². The van der Waals surface area contributed by atoms with Crippen molar-refractivity contribution < 1.29 is 22.6 Å². The van der Waals surface area contributed by atoms with Gasteiger partial charge in [-0.15, -0.1) is 0 Å². The standard InChI is InChI=1S/C22H23N5O5S/c1-13-14(2)25-22(27-33(28,29)17-8-6-15(12-23)7-9-17)21(24-13)26-18-10-16(30-3)11-19(31-4)20(18)32-5/h6-11H,1-5H3,(H,24,26)(H,25,27). The van der Waals surface area contributed by atoms with Gasteiger partial charge in [0.2, 0.25) is 0 Å². The van der Waals surface area contributed by atoms with Crippen molar-refractivity contribution >= 4 is 27.3 Å². The monoisotopic (exact) mass is 469 g/mol. The van der Waals surface area contributed by atoms with Crippen LogP contribution in [0, 0.1) is 25.2 Å². The fourth-order valence-corrected chi connectivity index (χ4v) is 3.94. The summed E-state index contributed by atoms with van der Waals surface area (Å²) in [5.74, 6) is 1.43. The second kappa shape index (κ2) is 9.62. The molecule has 1 aromatic heterocycles. The van der Waals surface area contributed by atoms with E-state index in [1.807, 2.05) is 6.07 Å². The van der Waals surface area contributed by atoms with Gasteiger partial charge in [-0.3, -0.25) is 4.72 Å². The van der Waals surface area contributed by atoms with Crippen LogP contribution in [-0.4, -0.2) is 39.7 Å². The van der Waals surface area contributed by atoms with Crippen LogP contribution in [-0.2, 0) is 10.0 Å². The summed E-state index contributed by atoms with van der Waals surface area (Å²) in [5, 5.41) is 12.0. The number of nitrogens with one attached hydrogen (secondary N) is 2. The predicted octanol–water partition coefficient (Wildman–Crippen LogP) is 3.54. The van der Waals surface area contributed by atoms with Gasteiger partial charge in [0, 0.05) is 12.1 Å². The van der Waals surface area contributed by atoms with Crippen LogP contribution in [0.1, 0.15) is 17.0 Å². The maximum atomic E-state index is 13.0. The summed E-state index contributed by atoms with van der Waals surface area (Å²) in [7, 11) is 0.482. The molecule has 0 fully saturated rings. The molecule has 0 aliphatic carbocycles. The number of anilines is 3. The molecule has 0 amide bonds. The third-order valence-electron chi connectivity index (χ3n) is 4.77. The molecule has 0 radical (unpaired) electrons. The molecular weight excluding hydrogens is 446 g/mol. The topological polar surface area (TPSA) is 135 Å². The highest BCUT2D eigenvalue weighted by atomic mass is 32.2. The zero-order chi connectivity index (χ0) is 24.2. The van der Waals surface area contributed by atoms with Crippen LogP contribution >= 0.6 is 0 Å². The average molecular weight is 470 g/mol. The molecule has 2 aromatic carbocycles. The molecule has 3 rings (SSSR count). The Labute approximate surface area is 192 Å². The number of methoxy groups -OCH3 is 3. The second-order valence-electron chi connectivity index (χ2n) is 6.87. The van der Waals surface area contributed by atoms with E-state index in [2.05, 4.69) is 20.0 Å². The molecular formula is C22H23N5O5S. The highest BCUT2D eigenvalue weighted by molar-refractivity contribution is 7.92. The van der Waals surface area contributed by atoms with Crippen molar-refractivity contribution in [2.75, 3.05) is 31.4 Å². The third-order valence-corrected chi connectivity index (χ3v) is 6.13. The first-order valence-corrected chi connectivity index (χ1v) is 11.2. The third kappa shape index (κ3) is 5.07. The van der Waals surface area contributed by atoms with Crippen LogP contribution in [0.15, 0.2) is 41.3 Å². The van der Waals surface area contributed by atoms with Crippen LogP contribution in [0.2, 0.25) is 0 Å². The molecule has 0 bridgehead atoms. The Bertz CT molecular complexity index is 1320. The van der Waals surface area contributed by atoms with Crippen LogP contribution in [0.5, 0.6) is 17.2 Å². The Balaban J connectivity index is 2.06. The number of ether oxygens (including phenoxy) is 3. The van der Waals surface area contributed by atoms with E-state index in [1.54, 1.807) is 26.0 Å². The van der Waals surface area contributed by atoms with Crippen molar-refractivity contribution in [1.29, 1.82) is 5.26 Å². The molecule has 0 spiro atoms. The molecule has 11 heteroatoms. The maximum absolute atomic E-state index is 13.0. The first-order valence-electron chi connectivity index (χ1n) is 9.67. The molecule has 33 heavy (non-hydrogen) atoms. The second-order valence-corrected chi connectivity index (χ2v) is 8.55. The van der Waals surface area contributed by atoms with Gasteiger partial charge in [-0.1, -0.05) is 0 Å². The average Bonchev–Trinajstić information content (AvgIpc) is 2.81. The molecule has 0 aliphatic heterocycles. The van der Waals surface area contributed by atoms with E-state index in [1.165, 1.54) is 45.6 Å². The van der Waals surface area contributed by atoms with Crippen LogP contribution in [0.25, 0.3) is 0 Å². The molecule has 0 unspecified atom stereocenters. The Morgan fingerprint density at radius 3 is 2.09 bits per heavy atom. The summed E-state index contributed by atoms with van der Waals surface area (Å²) in [4.78, 5) is 8.84. The van der Waals surface area contributed by atoms with Crippen LogP contribution < -0.4 is 24.2 Å². The Morgan fingerprint density at radius 2 is 1.55 bits per heavy atom. The van der Waals surface area contributed by atoms with Crippen LogP contribution in [0.4, 0.5) is 17.3 Å². The van der Waals surface area contributed by atoms with E-state index in [-0.39, 0.29) is 16.5 Å². The molecule has 172 valence electrons. The van der Waals surface area contributed by atoms with Gasteiger partial charge >= 0.3 is 0 Å². The number of sulfonamides is 1. The minimum Gasteiger partial charge on any atom is -0.497 e. The summed E-state index contributed by atoms with van der Waals surface area (Å²) in [5.41, 5.74) is 1.94. The Morgan fingerprint density at radius 1 is 0.909 bits per heavy atom. The molecule has 1 heterocycles. The van der Waals surface area contributed by atoms with E-state index >= 15 is 0 Å². The number of nitrogens with zero attached hydrogens (tertiary/aromatic N) is 3. The summed E-state index contributed by atoms with van der Waals surface area (Å²) in [6, 6.07) is 10.8. The number of aromatic nitrogens is 2. The number of benzene rings is 2. The van der Waals surface area contributed by atoms with Crippen molar-refractivity contribution in [2.45, 2.75) is 18.7 Å². The Hall–Kier alpha value is -4.04. The number of hydrogen-bond donors (Lipinski definition) is 2. The lowest BCUT2D eigenvalue weighted by atomic mass is 10.2. The summed E-state index contributed by atoms with van der Waals surface area (Å²) in [6.45, 7) is 3.48. The van der Waals surface area contributed by atoms with E-state index in [0.717, 1.165) is 0 Å². The van der Waals surface area contributed by atoms with Gasteiger partial charge in [0.25, 0.3) is 10.0 Å². The molecule has 0 saturated carbocycles. The molecule has 10 nitrogen and oxygen atoms in total. The lowest BCUT2D eigenvalue weighted by Crippen LogP contribution is -2.17. The molecule has 0 atom stereocenters. The number of aryl methyl sites for hydroxylation is 2. The normalized spacial score (nSPS) is 10.8. The lowest BCUT2D eigenvalue weighted by molar-refractivity contribution is 0.350. The number of hydrogen-bond acceptors (Lipinski definition) is 9. The summed E-state index contributed by atoms with van der Waals surface area (Å²) in [6.07, 6.45) is 0. The summed E-state index contributed by atoms with van der Waals surface area (Å²) < 4.78 is 44.6. The van der Waals surface area contributed by atoms with Gasteiger partial charge in [-0.2, -0.15) is 5.26 Å². The minimum absolute atomic E-state index is 0.00806. The lowest BCUT2D eigenvalue weighted by Gasteiger charge is -2.18. The van der Waals surface area contributed by atoms with E-state index in [9.17, 15) is 8.42 Å². The molecule has 0 saturated heterocycles. The molecule has 2 N–H and O–H groups in total. The van der Waals surface area contributed by atoms with Gasteiger partial charge in [0.15, 0.2) is 23.1 Å². The van der Waals surface area contributed by atoms with Crippen molar-refractivity contribution in [3.8, 4) is 23.3 Å². The van der Waals surface area contributed by atoms with E-state index in [4.69, 9.17) is 19.5 Å². The number of nitriles is 1. The first-order chi connectivity index (χ1) is 15.7. The van der Waals surface area contributed by atoms with Crippen molar-refractivity contribution in [3.63, 3.8) is 0 Å². The quantitative estimate of drug-likeness (QED) is 0.508. The van der Waals surface area contributed by atoms with Crippen molar-refractivity contribution in [1.82, 2.24) is 9.97 Å². The van der Waals surface area contributed by atoms with Gasteiger partial charge in [0.1, 0.15) is 5.75 Å². The first kappa shape index (κ1) is 23.6. The highest BCUT2D eigenvalue weighted by Gasteiger charge is 2.21. The summed E-state index contributed by atoms with van der Waals surface area (Å²) >= 11 is 0. The zero-order valence-electron chi connectivity index (χ0n) is 18.8. The molecule has 3 aromatic rings. The predicted molar refractivity (Wildman–Crippen MR) is 123 cm³/mol. The fourth-order valence-electron chi connectivity index (χ4n) is 2.93. The largest absolute Gasteiger partial charge is 0.497 e. The smallest absolute Gasteiger partial charge is 0.263 e. The SMILES string of the molecule is COc1cc(Nc2nc(C)c(C)nc2NS(=O)(=O)c2ccc(C#N)cc2)c(OC)c(OC)c1. The zero-order valence-corrected chi connectivity index (χ0v) is 19.6. The van der Waals surface area contributed by atoms with Gasteiger partial charge in [-0.05, 0) is 38.1 Å². The Kier molecular flexibility index (Phi) is 6.89. The van der Waals surface area contributed by atoms with Gasteiger partial charge in [-0.25, -0.2) is 18.4 Å². The molecule has 0 aliphatic rings. The highest BCUT2D eigenvalue weighted by Crippen LogP contribution is 2.41. The van der Waals surface area contributed by atoms with Crippen LogP contribution in [0.3, 0.4) is 0 Å². The van der Waals surface area contributed by atoms with Crippen molar-refractivity contribution in [2.24, 2.45) is 0 Å². The maximum Gasteiger partial charge on any atom is 0.263 e. The van der Waals surface area contributed by atoms with Gasteiger partial charge in [0.05, 0.1) is 54.9 Å². The number of rotatable bonds is 8. The van der Waals surface area contributed by atoms with E-state index in [0.29, 0.717) is 39.9 Å². The minimum atomic E-state index is -4.01.